The molecule has 26 heavy (non-hydrogen) atoms. The highest BCUT2D eigenvalue weighted by Crippen LogP contribution is 2.51. The van der Waals surface area contributed by atoms with Gasteiger partial charge in [-0.25, -0.2) is 9.97 Å². The molecule has 2 aliphatic rings. The molecule has 1 N–H and O–H groups in total. The number of hydrogen-bond acceptors (Lipinski definition) is 4. The summed E-state index contributed by atoms with van der Waals surface area (Å²) in [7, 11) is 0. The third-order valence-corrected chi connectivity index (χ3v) is 5.55. The number of aryl methyl sites for hydroxylation is 1. The molecule has 1 fully saturated rings. The molecule has 4 nitrogen and oxygen atoms in total. The molecule has 0 unspecified atom stereocenters. The smallest absolute Gasteiger partial charge is 0.136 e. The van der Waals surface area contributed by atoms with Crippen LogP contribution in [0.3, 0.4) is 0 Å². The van der Waals surface area contributed by atoms with Gasteiger partial charge in [0.1, 0.15) is 17.5 Å². The van der Waals surface area contributed by atoms with Crippen molar-refractivity contribution in [3.8, 4) is 0 Å². The number of fused-ring (bicyclic) bond motifs is 5. The summed E-state index contributed by atoms with van der Waals surface area (Å²) in [5, 5.41) is 4.05. The molecule has 1 aromatic heterocycles. The van der Waals surface area contributed by atoms with Crippen molar-refractivity contribution in [2.45, 2.75) is 25.3 Å². The van der Waals surface area contributed by atoms with E-state index in [2.05, 4.69) is 39.5 Å². The van der Waals surface area contributed by atoms with Gasteiger partial charge < -0.3 is 10.2 Å². The first kappa shape index (κ1) is 15.6. The number of aromatic nitrogens is 2. The van der Waals surface area contributed by atoms with Crippen molar-refractivity contribution in [3.05, 3.63) is 76.6 Å². The van der Waals surface area contributed by atoms with Crippen LogP contribution in [0.4, 0.5) is 17.3 Å². The number of halogens is 1. The number of anilines is 3. The van der Waals surface area contributed by atoms with Gasteiger partial charge >= 0.3 is 0 Å². The zero-order valence-corrected chi connectivity index (χ0v) is 15.2. The minimum Gasteiger partial charge on any atom is -0.349 e. The van der Waals surface area contributed by atoms with Crippen LogP contribution in [0, 0.1) is 6.92 Å². The molecule has 2 heterocycles. The van der Waals surface area contributed by atoms with Crippen LogP contribution in [-0.4, -0.2) is 16.5 Å². The van der Waals surface area contributed by atoms with Crippen molar-refractivity contribution < 1.29 is 0 Å². The van der Waals surface area contributed by atoms with Gasteiger partial charge in [0.05, 0.1) is 6.04 Å². The van der Waals surface area contributed by atoms with E-state index in [1.165, 1.54) is 17.5 Å². The highest BCUT2D eigenvalue weighted by Gasteiger charge is 2.42. The zero-order chi connectivity index (χ0) is 17.7. The second-order valence-electron chi connectivity index (χ2n) is 7.02. The normalized spacial score (nSPS) is 20.3. The first-order valence-electron chi connectivity index (χ1n) is 8.91. The van der Waals surface area contributed by atoms with E-state index in [0.717, 1.165) is 29.7 Å². The first-order chi connectivity index (χ1) is 12.7. The molecule has 1 aliphatic carbocycles. The fourth-order valence-electron chi connectivity index (χ4n) is 4.27. The van der Waals surface area contributed by atoms with Gasteiger partial charge in [0.15, 0.2) is 0 Å². The van der Waals surface area contributed by atoms with Crippen molar-refractivity contribution >= 4 is 28.9 Å². The van der Waals surface area contributed by atoms with Gasteiger partial charge in [-0.2, -0.15) is 0 Å². The van der Waals surface area contributed by atoms with E-state index >= 15 is 0 Å². The molecule has 0 radical (unpaired) electrons. The predicted molar refractivity (Wildman–Crippen MR) is 105 cm³/mol. The fourth-order valence-corrected chi connectivity index (χ4v) is 4.46. The van der Waals surface area contributed by atoms with Crippen molar-refractivity contribution in [2.24, 2.45) is 0 Å². The summed E-state index contributed by atoms with van der Waals surface area (Å²) in [6, 6.07) is 18.9. The van der Waals surface area contributed by atoms with Crippen LogP contribution in [0.2, 0.25) is 5.02 Å². The third-order valence-electron chi connectivity index (χ3n) is 5.31. The molecule has 0 saturated carbocycles. The van der Waals surface area contributed by atoms with Crippen LogP contribution in [0.5, 0.6) is 0 Å². The molecule has 5 rings (SSSR count). The summed E-state index contributed by atoms with van der Waals surface area (Å²) < 4.78 is 0. The summed E-state index contributed by atoms with van der Waals surface area (Å²) >= 11 is 6.09. The maximum atomic E-state index is 6.09. The summed E-state index contributed by atoms with van der Waals surface area (Å²) in [5.74, 6) is 3.16. The molecule has 2 atom stereocenters. The molecule has 0 spiro atoms. The first-order valence-corrected chi connectivity index (χ1v) is 9.29. The average molecular weight is 363 g/mol. The van der Waals surface area contributed by atoms with Gasteiger partial charge in [0.2, 0.25) is 0 Å². The Bertz CT molecular complexity index is 987. The van der Waals surface area contributed by atoms with E-state index in [9.17, 15) is 0 Å². The lowest BCUT2D eigenvalue weighted by Crippen LogP contribution is -2.28. The highest BCUT2D eigenvalue weighted by atomic mass is 35.5. The lowest BCUT2D eigenvalue weighted by atomic mass is 9.99. The van der Waals surface area contributed by atoms with Gasteiger partial charge in [0.25, 0.3) is 0 Å². The quantitative estimate of drug-likeness (QED) is 0.692. The number of rotatable bonds is 3. The Morgan fingerprint density at radius 2 is 1.88 bits per heavy atom. The number of benzene rings is 2. The molecule has 1 aliphatic heterocycles. The molecule has 0 amide bonds. The highest BCUT2D eigenvalue weighted by molar-refractivity contribution is 6.30. The van der Waals surface area contributed by atoms with Gasteiger partial charge in [-0.1, -0.05) is 41.9 Å². The maximum absolute atomic E-state index is 6.09. The van der Waals surface area contributed by atoms with E-state index < -0.39 is 0 Å². The topological polar surface area (TPSA) is 41.1 Å². The summed E-state index contributed by atoms with van der Waals surface area (Å²) in [6.45, 7) is 2.96. The van der Waals surface area contributed by atoms with Crippen LogP contribution >= 0.6 is 11.6 Å². The van der Waals surface area contributed by atoms with E-state index in [0.29, 0.717) is 17.0 Å². The molecule has 2 aromatic carbocycles. The van der Waals surface area contributed by atoms with Gasteiger partial charge in [-0.05, 0) is 42.7 Å². The van der Waals surface area contributed by atoms with Crippen molar-refractivity contribution in [3.63, 3.8) is 0 Å². The van der Waals surface area contributed by atoms with Crippen molar-refractivity contribution in [1.82, 2.24) is 9.97 Å². The Morgan fingerprint density at radius 3 is 2.73 bits per heavy atom. The van der Waals surface area contributed by atoms with E-state index in [-0.39, 0.29) is 0 Å². The van der Waals surface area contributed by atoms with E-state index in [4.69, 9.17) is 16.6 Å². The Balaban J connectivity index is 1.47. The molecular formula is C21H19ClN4. The predicted octanol–water partition coefficient (Wildman–Crippen LogP) is 5.23. The lowest BCUT2D eigenvalue weighted by molar-refractivity contribution is 0.726. The van der Waals surface area contributed by atoms with E-state index in [1.54, 1.807) is 0 Å². The van der Waals surface area contributed by atoms with Crippen LogP contribution in [0.25, 0.3) is 0 Å². The molecule has 3 aromatic rings. The number of nitrogens with zero attached hydrogens (tertiary/aromatic N) is 3. The van der Waals surface area contributed by atoms with Crippen LogP contribution in [0.15, 0.2) is 54.6 Å². The second-order valence-corrected chi connectivity index (χ2v) is 7.46. The Morgan fingerprint density at radius 1 is 1.04 bits per heavy atom. The Labute approximate surface area is 157 Å². The largest absolute Gasteiger partial charge is 0.349 e. The standard InChI is InChI=1S/C21H19ClN4/c1-13-23-20(25-16-6-4-5-15(22)10-16)11-21(24-13)26-12-14-9-19(26)18-8-3-2-7-17(14)18/h2-8,10-11,14,19H,9,12H2,1H3,(H,23,24,25)/t14-,19+/m1/s1. The molecular weight excluding hydrogens is 344 g/mol. The minimum atomic E-state index is 0.421. The zero-order valence-electron chi connectivity index (χ0n) is 14.5. The Kier molecular flexibility index (Phi) is 3.61. The molecule has 5 heteroatoms. The summed E-state index contributed by atoms with van der Waals surface area (Å²) in [6.07, 6.45) is 1.18. The average Bonchev–Trinajstić information content (AvgIpc) is 3.21. The Hall–Kier alpha value is -2.59. The van der Waals surface area contributed by atoms with Crippen LogP contribution in [-0.2, 0) is 0 Å². The van der Waals surface area contributed by atoms with Gasteiger partial charge in [0, 0.05) is 29.2 Å². The molecule has 130 valence electrons. The second kappa shape index (κ2) is 5.99. The lowest BCUT2D eigenvalue weighted by Gasteiger charge is -2.30. The van der Waals surface area contributed by atoms with Gasteiger partial charge in [-0.3, -0.25) is 0 Å². The van der Waals surface area contributed by atoms with Crippen LogP contribution < -0.4 is 10.2 Å². The van der Waals surface area contributed by atoms with E-state index in [1.807, 2.05) is 37.3 Å². The van der Waals surface area contributed by atoms with Crippen molar-refractivity contribution in [2.75, 3.05) is 16.8 Å². The van der Waals surface area contributed by atoms with Crippen molar-refractivity contribution in [1.29, 1.82) is 0 Å². The van der Waals surface area contributed by atoms with Crippen LogP contribution in [0.1, 0.15) is 35.3 Å². The summed E-state index contributed by atoms with van der Waals surface area (Å²) in [4.78, 5) is 11.7. The number of nitrogens with one attached hydrogen (secondary N) is 1. The fraction of sp³-hybridized carbons (Fsp3) is 0.238. The third kappa shape index (κ3) is 2.61. The van der Waals surface area contributed by atoms with Gasteiger partial charge in [-0.15, -0.1) is 0 Å². The SMILES string of the molecule is Cc1nc(Nc2cccc(Cl)c2)cc(N2C[C@H]3C[C@H]2c2ccccc23)n1. The number of hydrogen-bond donors (Lipinski definition) is 1. The molecule has 1 saturated heterocycles. The monoisotopic (exact) mass is 362 g/mol. The minimum absolute atomic E-state index is 0.421. The maximum Gasteiger partial charge on any atom is 0.136 e. The molecule has 2 bridgehead atoms. The summed E-state index contributed by atoms with van der Waals surface area (Å²) in [5.41, 5.74) is 3.89.